The topological polar surface area (TPSA) is 71.0 Å². The minimum absolute atomic E-state index is 0.0149. The van der Waals surface area contributed by atoms with Crippen LogP contribution in [-0.2, 0) is 14.3 Å². The van der Waals surface area contributed by atoms with Crippen molar-refractivity contribution in [1.29, 1.82) is 0 Å². The molecule has 6 nitrogen and oxygen atoms in total. The molecule has 0 spiro atoms. The van der Waals surface area contributed by atoms with E-state index in [0.29, 0.717) is 29.0 Å². The first-order chi connectivity index (χ1) is 17.0. The summed E-state index contributed by atoms with van der Waals surface area (Å²) >= 11 is 7.53. The Morgan fingerprint density at radius 1 is 1.17 bits per heavy atom. The third kappa shape index (κ3) is 5.22. The maximum atomic E-state index is 13.4. The largest absolute Gasteiger partial charge is 0.376 e. The molecule has 2 amide bonds. The van der Waals surface area contributed by atoms with Gasteiger partial charge in [0, 0.05) is 29.1 Å². The molecule has 2 saturated heterocycles. The van der Waals surface area contributed by atoms with Gasteiger partial charge in [0.2, 0.25) is 11.8 Å². The number of carbonyl (C=O) groups is 2. The summed E-state index contributed by atoms with van der Waals surface area (Å²) in [7, 11) is 0. The van der Waals surface area contributed by atoms with Crippen LogP contribution in [0.25, 0.3) is 10.8 Å². The molecule has 0 unspecified atom stereocenters. The van der Waals surface area contributed by atoms with Gasteiger partial charge in [-0.25, -0.2) is 4.99 Å². The van der Waals surface area contributed by atoms with Gasteiger partial charge in [-0.05, 0) is 48.9 Å². The van der Waals surface area contributed by atoms with E-state index in [4.69, 9.17) is 21.3 Å². The summed E-state index contributed by atoms with van der Waals surface area (Å²) in [5.41, 5.74) is 2.25. The molecule has 0 bridgehead atoms. The van der Waals surface area contributed by atoms with Gasteiger partial charge in [-0.2, -0.15) is 0 Å². The molecule has 2 fully saturated rings. The zero-order valence-electron chi connectivity index (χ0n) is 19.4. The normalized spacial score (nSPS) is 21.3. The molecule has 2 aliphatic rings. The lowest BCUT2D eigenvalue weighted by Crippen LogP contribution is -2.38. The van der Waals surface area contributed by atoms with Crippen LogP contribution in [-0.4, -0.2) is 46.4 Å². The van der Waals surface area contributed by atoms with Crippen LogP contribution in [0, 0.1) is 6.92 Å². The van der Waals surface area contributed by atoms with E-state index in [0.717, 1.165) is 34.9 Å². The molecule has 3 aromatic rings. The smallest absolute Gasteiger partial charge is 0.242 e. The molecule has 0 radical (unpaired) electrons. The van der Waals surface area contributed by atoms with Crippen LogP contribution in [0.2, 0.25) is 5.02 Å². The molecule has 0 saturated carbocycles. The van der Waals surface area contributed by atoms with Gasteiger partial charge in [0.15, 0.2) is 5.17 Å². The molecule has 1 N–H and O–H groups in total. The Labute approximate surface area is 213 Å². The standard InChI is InChI=1S/C27H26ClN3O3S/c1-17-21(28)11-5-12-22(17)29-25(32)15-24-26(33)31(16-19-9-6-14-34-19)27(35-24)30-23-13-4-8-18-7-2-3-10-20(18)23/h2-5,7-8,10-13,19,24H,6,9,14-16H2,1H3,(H,29,32)/t19-,24-/m1/s1. The van der Waals surface area contributed by atoms with Crippen molar-refractivity contribution < 1.29 is 14.3 Å². The van der Waals surface area contributed by atoms with Gasteiger partial charge in [0.05, 0.1) is 18.3 Å². The number of nitrogens with one attached hydrogen (secondary N) is 1. The number of benzene rings is 3. The second-order valence-electron chi connectivity index (χ2n) is 8.75. The molecule has 0 aliphatic carbocycles. The van der Waals surface area contributed by atoms with Crippen molar-refractivity contribution >= 4 is 62.5 Å². The van der Waals surface area contributed by atoms with Crippen molar-refractivity contribution in [3.8, 4) is 0 Å². The highest BCUT2D eigenvalue weighted by Crippen LogP contribution is 2.35. The van der Waals surface area contributed by atoms with E-state index in [2.05, 4.69) is 5.32 Å². The molecule has 180 valence electrons. The van der Waals surface area contributed by atoms with Crippen LogP contribution in [0.15, 0.2) is 65.7 Å². The third-order valence-electron chi connectivity index (χ3n) is 6.33. The molecular formula is C27H26ClN3O3S. The maximum Gasteiger partial charge on any atom is 0.242 e. The average Bonchev–Trinajstić information content (AvgIpc) is 3.47. The summed E-state index contributed by atoms with van der Waals surface area (Å²) in [6.07, 6.45) is 1.93. The molecule has 0 aromatic heterocycles. The fraction of sp³-hybridized carbons (Fsp3) is 0.296. The molecule has 2 atom stereocenters. The van der Waals surface area contributed by atoms with Crippen LogP contribution >= 0.6 is 23.4 Å². The van der Waals surface area contributed by atoms with Gasteiger partial charge in [-0.3, -0.25) is 14.5 Å². The third-order valence-corrected chi connectivity index (χ3v) is 7.91. The zero-order chi connectivity index (χ0) is 24.4. The number of thioether (sulfide) groups is 1. The molecular weight excluding hydrogens is 482 g/mol. The summed E-state index contributed by atoms with van der Waals surface area (Å²) in [5, 5.41) is 5.65. The number of carbonyl (C=O) groups excluding carboxylic acids is 2. The number of hydrogen-bond donors (Lipinski definition) is 1. The van der Waals surface area contributed by atoms with Crippen LogP contribution in [0.1, 0.15) is 24.8 Å². The van der Waals surface area contributed by atoms with Crippen molar-refractivity contribution in [3.05, 3.63) is 71.2 Å². The predicted molar refractivity (Wildman–Crippen MR) is 143 cm³/mol. The molecule has 5 rings (SSSR count). The van der Waals surface area contributed by atoms with Crippen LogP contribution in [0.3, 0.4) is 0 Å². The Bertz CT molecular complexity index is 1300. The number of rotatable bonds is 6. The highest BCUT2D eigenvalue weighted by atomic mass is 35.5. The lowest BCUT2D eigenvalue weighted by molar-refractivity contribution is -0.129. The zero-order valence-corrected chi connectivity index (χ0v) is 20.9. The second kappa shape index (κ2) is 10.4. The SMILES string of the molecule is Cc1c(Cl)cccc1NC(=O)C[C@H]1SC(=Nc2cccc3ccccc23)N(C[C@H]2CCCO2)C1=O. The highest BCUT2D eigenvalue weighted by Gasteiger charge is 2.40. The van der Waals surface area contributed by atoms with Gasteiger partial charge in [-0.15, -0.1) is 0 Å². The van der Waals surface area contributed by atoms with E-state index in [1.807, 2.05) is 49.4 Å². The van der Waals surface area contributed by atoms with Crippen LogP contribution in [0.4, 0.5) is 11.4 Å². The van der Waals surface area contributed by atoms with Crippen molar-refractivity contribution in [2.24, 2.45) is 4.99 Å². The second-order valence-corrected chi connectivity index (χ2v) is 10.3. The van der Waals surface area contributed by atoms with Crippen molar-refractivity contribution in [2.45, 2.75) is 37.5 Å². The van der Waals surface area contributed by atoms with E-state index < -0.39 is 5.25 Å². The number of amidine groups is 1. The van der Waals surface area contributed by atoms with Gasteiger partial charge in [-0.1, -0.05) is 65.8 Å². The number of fused-ring (bicyclic) bond motifs is 1. The Morgan fingerprint density at radius 2 is 1.97 bits per heavy atom. The van der Waals surface area contributed by atoms with Crippen molar-refractivity contribution in [2.75, 3.05) is 18.5 Å². The van der Waals surface area contributed by atoms with E-state index in [9.17, 15) is 9.59 Å². The summed E-state index contributed by atoms with van der Waals surface area (Å²) in [5.74, 6) is -0.341. The van der Waals surface area contributed by atoms with E-state index in [1.54, 1.807) is 23.1 Å². The molecule has 3 aromatic carbocycles. The number of aliphatic imine (C=N–C) groups is 1. The molecule has 8 heteroatoms. The van der Waals surface area contributed by atoms with Crippen molar-refractivity contribution in [3.63, 3.8) is 0 Å². The summed E-state index contributed by atoms with van der Waals surface area (Å²) < 4.78 is 5.80. The minimum Gasteiger partial charge on any atom is -0.376 e. The Kier molecular flexibility index (Phi) is 7.09. The van der Waals surface area contributed by atoms with E-state index in [1.165, 1.54) is 11.8 Å². The maximum absolute atomic E-state index is 13.4. The fourth-order valence-corrected chi connectivity index (χ4v) is 5.74. The average molecular weight is 508 g/mol. The number of hydrogen-bond acceptors (Lipinski definition) is 5. The number of amides is 2. The number of nitrogens with zero attached hydrogens (tertiary/aromatic N) is 2. The van der Waals surface area contributed by atoms with Crippen LogP contribution < -0.4 is 5.32 Å². The first-order valence-corrected chi connectivity index (χ1v) is 13.0. The quantitative estimate of drug-likeness (QED) is 0.448. The first-order valence-electron chi connectivity index (χ1n) is 11.7. The lowest BCUT2D eigenvalue weighted by Gasteiger charge is -2.20. The monoisotopic (exact) mass is 507 g/mol. The fourth-order valence-electron chi connectivity index (χ4n) is 4.41. The Morgan fingerprint density at radius 3 is 2.80 bits per heavy atom. The summed E-state index contributed by atoms with van der Waals surface area (Å²) in [4.78, 5) is 32.9. The van der Waals surface area contributed by atoms with Crippen LogP contribution in [0.5, 0.6) is 0 Å². The minimum atomic E-state index is -0.551. The molecule has 2 aliphatic heterocycles. The van der Waals surface area contributed by atoms with Gasteiger partial charge >= 0.3 is 0 Å². The lowest BCUT2D eigenvalue weighted by atomic mass is 10.1. The van der Waals surface area contributed by atoms with Gasteiger partial charge in [0.1, 0.15) is 5.25 Å². The molecule has 35 heavy (non-hydrogen) atoms. The number of ether oxygens (including phenoxy) is 1. The Balaban J connectivity index is 1.40. The van der Waals surface area contributed by atoms with Gasteiger partial charge < -0.3 is 10.1 Å². The summed E-state index contributed by atoms with van der Waals surface area (Å²) in [6.45, 7) is 3.01. The highest BCUT2D eigenvalue weighted by molar-refractivity contribution is 8.15. The summed E-state index contributed by atoms with van der Waals surface area (Å²) in [6, 6.07) is 19.4. The van der Waals surface area contributed by atoms with E-state index >= 15 is 0 Å². The Hall–Kier alpha value is -2.87. The number of anilines is 1. The van der Waals surface area contributed by atoms with Crippen molar-refractivity contribution in [1.82, 2.24) is 4.90 Å². The van der Waals surface area contributed by atoms with Gasteiger partial charge in [0.25, 0.3) is 0 Å². The van der Waals surface area contributed by atoms with E-state index in [-0.39, 0.29) is 24.3 Å². The first kappa shape index (κ1) is 23.9. The number of halogens is 1. The predicted octanol–water partition coefficient (Wildman–Crippen LogP) is 5.94. The molecule has 2 heterocycles.